The quantitative estimate of drug-likeness (QED) is 0.769. The van der Waals surface area contributed by atoms with Gasteiger partial charge in [-0.2, -0.15) is 4.31 Å². The van der Waals surface area contributed by atoms with Gasteiger partial charge in [-0.05, 0) is 45.0 Å². The molecule has 1 saturated heterocycles. The third-order valence-corrected chi connectivity index (χ3v) is 5.90. The molecular weight excluding hydrogens is 310 g/mol. The Labute approximate surface area is 132 Å². The van der Waals surface area contributed by atoms with Gasteiger partial charge in [-0.15, -0.1) is 0 Å². The Morgan fingerprint density at radius 2 is 2.05 bits per heavy atom. The Bertz CT molecular complexity index is 559. The lowest BCUT2D eigenvalue weighted by atomic mass is 10.4. The predicted molar refractivity (Wildman–Crippen MR) is 84.0 cm³/mol. The van der Waals surface area contributed by atoms with Crippen LogP contribution in [0.3, 0.4) is 0 Å². The van der Waals surface area contributed by atoms with Crippen molar-refractivity contribution in [2.75, 3.05) is 32.7 Å². The molecule has 0 unspecified atom stereocenters. The maximum Gasteiger partial charge on any atom is 0.244 e. The van der Waals surface area contributed by atoms with Crippen molar-refractivity contribution in [2.45, 2.75) is 31.1 Å². The molecule has 7 heteroatoms. The molecule has 0 aromatic carbocycles. The Morgan fingerprint density at radius 1 is 1.33 bits per heavy atom. The molecule has 0 radical (unpaired) electrons. The summed E-state index contributed by atoms with van der Waals surface area (Å²) in [6.07, 6.45) is 6.14. The minimum Gasteiger partial charge on any atom is -0.303 e. The van der Waals surface area contributed by atoms with Crippen LogP contribution in [0.2, 0.25) is 5.02 Å². The highest BCUT2D eigenvalue weighted by atomic mass is 35.5. The maximum atomic E-state index is 12.6. The molecule has 1 aliphatic rings. The maximum absolute atomic E-state index is 12.6. The molecule has 2 heterocycles. The second-order valence-electron chi connectivity index (χ2n) is 5.24. The number of pyridine rings is 1. The summed E-state index contributed by atoms with van der Waals surface area (Å²) in [6, 6.07) is 1.45. The van der Waals surface area contributed by atoms with E-state index in [0.717, 1.165) is 26.1 Å². The summed E-state index contributed by atoms with van der Waals surface area (Å²) in [5.74, 6) is 0. The zero-order chi connectivity index (χ0) is 15.3. The van der Waals surface area contributed by atoms with Crippen LogP contribution in [0.4, 0.5) is 0 Å². The van der Waals surface area contributed by atoms with Gasteiger partial charge in [0.15, 0.2) is 0 Å². The van der Waals surface area contributed by atoms with Gasteiger partial charge in [-0.25, -0.2) is 8.42 Å². The second-order valence-corrected chi connectivity index (χ2v) is 7.61. The first-order valence-electron chi connectivity index (χ1n) is 7.37. The normalized spacial score (nSPS) is 16.7. The molecule has 0 N–H and O–H groups in total. The molecule has 0 saturated carbocycles. The molecule has 0 atom stereocenters. The number of halogens is 1. The average Bonchev–Trinajstić information content (AvgIpc) is 2.96. The van der Waals surface area contributed by atoms with E-state index in [1.54, 1.807) is 0 Å². The lowest BCUT2D eigenvalue weighted by molar-refractivity contribution is 0.312. The number of aromatic nitrogens is 1. The number of rotatable bonds is 7. The van der Waals surface area contributed by atoms with Crippen molar-refractivity contribution in [3.8, 4) is 0 Å². The summed E-state index contributed by atoms with van der Waals surface area (Å²) in [5, 5.41) is 0.337. The van der Waals surface area contributed by atoms with Gasteiger partial charge >= 0.3 is 0 Å². The predicted octanol–water partition coefficient (Wildman–Crippen LogP) is 2.23. The number of sulfonamides is 1. The number of likely N-dealkylation sites (tertiary alicyclic amines) is 1. The van der Waals surface area contributed by atoms with Crippen LogP contribution < -0.4 is 0 Å². The van der Waals surface area contributed by atoms with Gasteiger partial charge in [0.05, 0.1) is 5.02 Å². The third-order valence-electron chi connectivity index (χ3n) is 3.75. The van der Waals surface area contributed by atoms with E-state index in [0.29, 0.717) is 18.1 Å². The Balaban J connectivity index is 1.98. The van der Waals surface area contributed by atoms with Gasteiger partial charge in [0.2, 0.25) is 10.0 Å². The van der Waals surface area contributed by atoms with E-state index >= 15 is 0 Å². The van der Waals surface area contributed by atoms with E-state index in [4.69, 9.17) is 11.6 Å². The van der Waals surface area contributed by atoms with Crippen LogP contribution in [0.1, 0.15) is 26.2 Å². The van der Waals surface area contributed by atoms with Crippen LogP contribution in [0.5, 0.6) is 0 Å². The van der Waals surface area contributed by atoms with Gasteiger partial charge < -0.3 is 4.90 Å². The van der Waals surface area contributed by atoms with Crippen molar-refractivity contribution in [3.63, 3.8) is 0 Å². The molecule has 21 heavy (non-hydrogen) atoms. The van der Waals surface area contributed by atoms with Crippen molar-refractivity contribution in [3.05, 3.63) is 23.5 Å². The number of nitrogens with zero attached hydrogens (tertiary/aromatic N) is 3. The Hall–Kier alpha value is -0.690. The molecule has 0 bridgehead atoms. The summed E-state index contributed by atoms with van der Waals surface area (Å²) in [4.78, 5) is 6.42. The third kappa shape index (κ3) is 4.39. The molecule has 1 fully saturated rings. The van der Waals surface area contributed by atoms with Crippen molar-refractivity contribution in [1.82, 2.24) is 14.2 Å². The largest absolute Gasteiger partial charge is 0.303 e. The van der Waals surface area contributed by atoms with Gasteiger partial charge in [0.1, 0.15) is 4.90 Å². The van der Waals surface area contributed by atoms with E-state index in [1.165, 1.54) is 35.6 Å². The molecule has 0 spiro atoms. The SMILES string of the molecule is CCN(CCCN1CCCC1)S(=O)(=O)c1cncc(Cl)c1. The molecule has 2 rings (SSSR count). The summed E-state index contributed by atoms with van der Waals surface area (Å²) < 4.78 is 26.6. The summed E-state index contributed by atoms with van der Waals surface area (Å²) in [5.41, 5.74) is 0. The van der Waals surface area contributed by atoms with Crippen LogP contribution in [-0.2, 0) is 10.0 Å². The second kappa shape index (κ2) is 7.54. The van der Waals surface area contributed by atoms with Crippen LogP contribution in [-0.4, -0.2) is 55.3 Å². The number of hydrogen-bond acceptors (Lipinski definition) is 4. The highest BCUT2D eigenvalue weighted by Crippen LogP contribution is 2.18. The van der Waals surface area contributed by atoms with Gasteiger partial charge in [0.25, 0.3) is 0 Å². The van der Waals surface area contributed by atoms with Crippen molar-refractivity contribution in [1.29, 1.82) is 0 Å². The first-order valence-corrected chi connectivity index (χ1v) is 9.19. The van der Waals surface area contributed by atoms with E-state index in [1.807, 2.05) is 6.92 Å². The Morgan fingerprint density at radius 3 is 2.67 bits per heavy atom. The highest BCUT2D eigenvalue weighted by Gasteiger charge is 2.23. The van der Waals surface area contributed by atoms with Crippen molar-refractivity contribution >= 4 is 21.6 Å². The molecule has 1 aliphatic heterocycles. The zero-order valence-corrected chi connectivity index (χ0v) is 13.9. The van der Waals surface area contributed by atoms with Crippen LogP contribution in [0.15, 0.2) is 23.4 Å². The molecule has 1 aromatic rings. The van der Waals surface area contributed by atoms with Gasteiger partial charge in [0, 0.05) is 25.5 Å². The minimum absolute atomic E-state index is 0.165. The summed E-state index contributed by atoms with van der Waals surface area (Å²) in [6.45, 7) is 6.07. The van der Waals surface area contributed by atoms with Crippen LogP contribution in [0.25, 0.3) is 0 Å². The standard InChI is InChI=1S/C14H22ClN3O2S/c1-2-18(9-5-8-17-6-3-4-7-17)21(19,20)14-10-13(15)11-16-12-14/h10-12H,2-9H2,1H3. The van der Waals surface area contributed by atoms with Gasteiger partial charge in [-0.3, -0.25) is 4.98 Å². The number of hydrogen-bond donors (Lipinski definition) is 0. The topological polar surface area (TPSA) is 53.5 Å². The van der Waals surface area contributed by atoms with Crippen LogP contribution >= 0.6 is 11.6 Å². The highest BCUT2D eigenvalue weighted by molar-refractivity contribution is 7.89. The van der Waals surface area contributed by atoms with Crippen molar-refractivity contribution < 1.29 is 8.42 Å². The average molecular weight is 332 g/mol. The zero-order valence-electron chi connectivity index (χ0n) is 12.3. The lowest BCUT2D eigenvalue weighted by Crippen LogP contribution is -2.34. The fourth-order valence-corrected chi connectivity index (χ4v) is 4.32. The fraction of sp³-hybridized carbons (Fsp3) is 0.643. The first kappa shape index (κ1) is 16.7. The molecule has 5 nitrogen and oxygen atoms in total. The summed E-state index contributed by atoms with van der Waals surface area (Å²) in [7, 11) is -3.50. The van der Waals surface area contributed by atoms with E-state index in [-0.39, 0.29) is 4.90 Å². The smallest absolute Gasteiger partial charge is 0.244 e. The molecular formula is C14H22ClN3O2S. The Kier molecular flexibility index (Phi) is 5.98. The van der Waals surface area contributed by atoms with E-state index in [2.05, 4.69) is 9.88 Å². The fourth-order valence-electron chi connectivity index (χ4n) is 2.61. The summed E-state index contributed by atoms with van der Waals surface area (Å²) >= 11 is 5.84. The molecule has 0 amide bonds. The van der Waals surface area contributed by atoms with E-state index in [9.17, 15) is 8.42 Å². The molecule has 0 aliphatic carbocycles. The van der Waals surface area contributed by atoms with E-state index < -0.39 is 10.0 Å². The lowest BCUT2D eigenvalue weighted by Gasteiger charge is -2.22. The van der Waals surface area contributed by atoms with Gasteiger partial charge in [-0.1, -0.05) is 18.5 Å². The minimum atomic E-state index is -3.50. The van der Waals surface area contributed by atoms with Crippen LogP contribution in [0, 0.1) is 0 Å². The first-order chi connectivity index (χ1) is 10.0. The molecule has 1 aromatic heterocycles. The van der Waals surface area contributed by atoms with Crippen molar-refractivity contribution in [2.24, 2.45) is 0 Å². The molecule has 118 valence electrons. The monoisotopic (exact) mass is 331 g/mol.